The SMILES string of the molecule is CC(CO)C1CCC2(C)C3CCC4C5(C)CCC(C)C(C)(C)C5CCC4(C)C3(C)CCC12C. The minimum Gasteiger partial charge on any atom is -0.396 e. The van der Waals surface area contributed by atoms with E-state index in [0.717, 1.165) is 23.7 Å². The molecule has 11 unspecified atom stereocenters. The van der Waals surface area contributed by atoms with Crippen molar-refractivity contribution < 1.29 is 5.11 Å². The highest BCUT2D eigenvalue weighted by Crippen LogP contribution is 2.80. The normalized spacial score (nSPS) is 58.5. The van der Waals surface area contributed by atoms with Crippen molar-refractivity contribution >= 4 is 0 Å². The van der Waals surface area contributed by atoms with Crippen molar-refractivity contribution in [1.29, 1.82) is 0 Å². The lowest BCUT2D eigenvalue weighted by atomic mass is 9.30. The first-order valence-corrected chi connectivity index (χ1v) is 14.8. The number of aliphatic hydroxyl groups excluding tert-OH is 1. The summed E-state index contributed by atoms with van der Waals surface area (Å²) in [5.41, 5.74) is 2.84. The van der Waals surface area contributed by atoms with Crippen molar-refractivity contribution in [3.8, 4) is 0 Å². The van der Waals surface area contributed by atoms with E-state index in [0.29, 0.717) is 50.9 Å². The molecule has 5 aliphatic rings. The van der Waals surface area contributed by atoms with E-state index in [2.05, 4.69) is 62.3 Å². The van der Waals surface area contributed by atoms with Crippen LogP contribution in [0.4, 0.5) is 0 Å². The molecule has 5 saturated carbocycles. The molecule has 190 valence electrons. The van der Waals surface area contributed by atoms with Crippen molar-refractivity contribution in [3.63, 3.8) is 0 Å². The Bertz CT molecular complexity index is 785. The Morgan fingerprint density at radius 2 is 1.18 bits per heavy atom. The predicted octanol–water partition coefficient (Wildman–Crippen LogP) is 8.74. The van der Waals surface area contributed by atoms with Gasteiger partial charge in [-0.1, -0.05) is 62.3 Å². The first-order valence-electron chi connectivity index (χ1n) is 14.8. The van der Waals surface area contributed by atoms with Crippen LogP contribution in [0.25, 0.3) is 0 Å². The van der Waals surface area contributed by atoms with Crippen LogP contribution in [0.2, 0.25) is 0 Å². The van der Waals surface area contributed by atoms with Gasteiger partial charge in [0.05, 0.1) is 0 Å². The number of hydrogen-bond donors (Lipinski definition) is 1. The number of hydrogen-bond acceptors (Lipinski definition) is 1. The van der Waals surface area contributed by atoms with Crippen LogP contribution in [-0.2, 0) is 0 Å². The molecule has 0 bridgehead atoms. The molecule has 0 heterocycles. The Morgan fingerprint density at radius 3 is 1.85 bits per heavy atom. The highest BCUT2D eigenvalue weighted by Gasteiger charge is 2.72. The van der Waals surface area contributed by atoms with Crippen molar-refractivity contribution in [2.45, 2.75) is 127 Å². The summed E-state index contributed by atoms with van der Waals surface area (Å²) in [4.78, 5) is 0. The van der Waals surface area contributed by atoms with E-state index in [9.17, 15) is 5.11 Å². The Balaban J connectivity index is 1.53. The second kappa shape index (κ2) is 7.26. The van der Waals surface area contributed by atoms with Crippen molar-refractivity contribution in [3.05, 3.63) is 0 Å². The van der Waals surface area contributed by atoms with Crippen LogP contribution in [0, 0.1) is 68.0 Å². The van der Waals surface area contributed by atoms with E-state index < -0.39 is 0 Å². The number of aliphatic hydroxyl groups is 1. The summed E-state index contributed by atoms with van der Waals surface area (Å²) in [5, 5.41) is 10.1. The van der Waals surface area contributed by atoms with Gasteiger partial charge in [0.2, 0.25) is 0 Å². The summed E-state index contributed by atoms with van der Waals surface area (Å²) in [6, 6.07) is 0. The van der Waals surface area contributed by atoms with Gasteiger partial charge in [-0.25, -0.2) is 0 Å². The molecule has 1 heteroatoms. The summed E-state index contributed by atoms with van der Waals surface area (Å²) >= 11 is 0. The summed E-state index contributed by atoms with van der Waals surface area (Å²) in [6.07, 6.45) is 14.3. The Labute approximate surface area is 206 Å². The fraction of sp³-hybridized carbons (Fsp3) is 1.00. The molecular weight excluding hydrogens is 400 g/mol. The standard InChI is InChI=1S/C32H56O/c1-21(20-33)23-13-16-31(8)26-11-10-25-28(5)15-12-22(2)27(3,4)24(28)14-17-30(25,7)32(26,9)19-18-29(23,31)6/h21-26,33H,10-20H2,1-9H3. The van der Waals surface area contributed by atoms with E-state index in [1.165, 1.54) is 64.2 Å². The van der Waals surface area contributed by atoms with Crippen LogP contribution >= 0.6 is 0 Å². The average molecular weight is 457 g/mol. The molecule has 5 rings (SSSR count). The van der Waals surface area contributed by atoms with Crippen molar-refractivity contribution in [2.75, 3.05) is 6.61 Å². The lowest BCUT2D eigenvalue weighted by Gasteiger charge is -2.74. The lowest BCUT2D eigenvalue weighted by Crippen LogP contribution is -2.67. The lowest BCUT2D eigenvalue weighted by molar-refractivity contribution is -0.258. The number of fused-ring (bicyclic) bond motifs is 7. The molecule has 0 aromatic rings. The zero-order chi connectivity index (χ0) is 24.2. The second-order valence-electron chi connectivity index (χ2n) is 16.0. The van der Waals surface area contributed by atoms with Crippen LogP contribution in [0.15, 0.2) is 0 Å². The van der Waals surface area contributed by atoms with Crippen LogP contribution < -0.4 is 0 Å². The van der Waals surface area contributed by atoms with Crippen LogP contribution in [0.5, 0.6) is 0 Å². The fourth-order valence-corrected chi connectivity index (χ4v) is 12.7. The molecule has 0 aliphatic heterocycles. The van der Waals surface area contributed by atoms with E-state index in [-0.39, 0.29) is 0 Å². The topological polar surface area (TPSA) is 20.2 Å². The molecule has 33 heavy (non-hydrogen) atoms. The quantitative estimate of drug-likeness (QED) is 0.440. The molecule has 0 radical (unpaired) electrons. The molecule has 11 atom stereocenters. The molecule has 0 saturated heterocycles. The molecule has 5 aliphatic carbocycles. The van der Waals surface area contributed by atoms with Gasteiger partial charge in [-0.05, 0) is 132 Å². The van der Waals surface area contributed by atoms with Crippen molar-refractivity contribution in [2.24, 2.45) is 68.0 Å². The minimum absolute atomic E-state index is 0.367. The highest BCUT2D eigenvalue weighted by atomic mass is 16.3. The molecule has 1 N–H and O–H groups in total. The predicted molar refractivity (Wildman–Crippen MR) is 140 cm³/mol. The Kier molecular flexibility index (Phi) is 5.42. The molecule has 0 amide bonds. The second-order valence-corrected chi connectivity index (χ2v) is 16.0. The van der Waals surface area contributed by atoms with Gasteiger partial charge in [0, 0.05) is 6.61 Å². The summed E-state index contributed by atoms with van der Waals surface area (Å²) in [6.45, 7) is 24.1. The zero-order valence-electron chi connectivity index (χ0n) is 23.7. The van der Waals surface area contributed by atoms with Crippen molar-refractivity contribution in [1.82, 2.24) is 0 Å². The summed E-state index contributed by atoms with van der Waals surface area (Å²) in [5.74, 6) is 4.68. The molecule has 0 spiro atoms. The van der Waals surface area contributed by atoms with Gasteiger partial charge < -0.3 is 5.11 Å². The molecule has 0 aromatic carbocycles. The fourth-order valence-electron chi connectivity index (χ4n) is 12.7. The Morgan fingerprint density at radius 1 is 0.636 bits per heavy atom. The third-order valence-corrected chi connectivity index (χ3v) is 15.4. The number of rotatable bonds is 2. The van der Waals surface area contributed by atoms with Gasteiger partial charge in [0.15, 0.2) is 0 Å². The molecule has 1 nitrogen and oxygen atoms in total. The van der Waals surface area contributed by atoms with E-state index in [1.807, 2.05) is 0 Å². The smallest absolute Gasteiger partial charge is 0.0459 e. The van der Waals surface area contributed by atoms with Gasteiger partial charge in [-0.15, -0.1) is 0 Å². The third-order valence-electron chi connectivity index (χ3n) is 15.4. The first-order chi connectivity index (χ1) is 15.2. The van der Waals surface area contributed by atoms with Crippen LogP contribution in [0.1, 0.15) is 127 Å². The van der Waals surface area contributed by atoms with Gasteiger partial charge in [-0.2, -0.15) is 0 Å². The third kappa shape index (κ3) is 2.76. The Hall–Kier alpha value is -0.0400. The molecular formula is C32H56O. The maximum atomic E-state index is 10.1. The van der Waals surface area contributed by atoms with E-state index >= 15 is 0 Å². The maximum absolute atomic E-state index is 10.1. The largest absolute Gasteiger partial charge is 0.396 e. The highest BCUT2D eigenvalue weighted by molar-refractivity contribution is 5.21. The molecule has 0 aromatic heterocycles. The minimum atomic E-state index is 0.367. The van der Waals surface area contributed by atoms with E-state index in [4.69, 9.17) is 0 Å². The average Bonchev–Trinajstić information content (AvgIpc) is 3.03. The maximum Gasteiger partial charge on any atom is 0.0459 e. The summed E-state index contributed by atoms with van der Waals surface area (Å²) < 4.78 is 0. The molecule has 5 fully saturated rings. The monoisotopic (exact) mass is 456 g/mol. The van der Waals surface area contributed by atoms with Crippen LogP contribution in [0.3, 0.4) is 0 Å². The first kappa shape index (κ1) is 24.6. The summed E-state index contributed by atoms with van der Waals surface area (Å²) in [7, 11) is 0. The van der Waals surface area contributed by atoms with Gasteiger partial charge in [0.25, 0.3) is 0 Å². The van der Waals surface area contributed by atoms with Gasteiger partial charge >= 0.3 is 0 Å². The van der Waals surface area contributed by atoms with Gasteiger partial charge in [-0.3, -0.25) is 0 Å². The van der Waals surface area contributed by atoms with Gasteiger partial charge in [0.1, 0.15) is 0 Å². The van der Waals surface area contributed by atoms with E-state index in [1.54, 1.807) is 0 Å². The van der Waals surface area contributed by atoms with Crippen LogP contribution in [-0.4, -0.2) is 11.7 Å². The zero-order valence-corrected chi connectivity index (χ0v) is 23.7.